The number of nitrogens with one attached hydrogen (secondary N) is 1. The van der Waals surface area contributed by atoms with E-state index in [-0.39, 0.29) is 30.1 Å². The lowest BCUT2D eigenvalue weighted by Crippen LogP contribution is -2.37. The van der Waals surface area contributed by atoms with Crippen LogP contribution in [0.25, 0.3) is 0 Å². The van der Waals surface area contributed by atoms with Gasteiger partial charge in [0.05, 0.1) is 6.04 Å². The third-order valence-electron chi connectivity index (χ3n) is 4.52. The average molecular weight is 340 g/mol. The molecule has 1 aliphatic heterocycles. The van der Waals surface area contributed by atoms with Crippen LogP contribution in [0.1, 0.15) is 33.5 Å². The fourth-order valence-corrected chi connectivity index (χ4v) is 3.31. The van der Waals surface area contributed by atoms with Crippen molar-refractivity contribution in [3.8, 4) is 0 Å². The molecule has 0 aliphatic carbocycles. The van der Waals surface area contributed by atoms with Crippen molar-refractivity contribution in [2.45, 2.75) is 32.9 Å². The summed E-state index contributed by atoms with van der Waals surface area (Å²) in [6.45, 7) is 4.59. The molecule has 0 radical (unpaired) electrons. The van der Waals surface area contributed by atoms with E-state index in [1.165, 1.54) is 12.1 Å². The zero-order valence-electron chi connectivity index (χ0n) is 14.4. The molecule has 0 saturated carbocycles. The Hall–Kier alpha value is -2.69. The summed E-state index contributed by atoms with van der Waals surface area (Å²) in [6.07, 6.45) is 0.270. The molecule has 2 amide bonds. The van der Waals surface area contributed by atoms with Gasteiger partial charge in [0, 0.05) is 25.1 Å². The molecule has 3 rings (SSSR count). The maximum atomic E-state index is 13.3. The number of nitrogens with zero attached hydrogens (tertiary/aromatic N) is 1. The number of likely N-dealkylation sites (tertiary alicyclic amines) is 1. The van der Waals surface area contributed by atoms with Crippen molar-refractivity contribution in [3.05, 3.63) is 70.5 Å². The van der Waals surface area contributed by atoms with Crippen molar-refractivity contribution in [2.75, 3.05) is 6.54 Å². The minimum absolute atomic E-state index is 0.0314. The van der Waals surface area contributed by atoms with Crippen LogP contribution in [0, 0.1) is 19.7 Å². The molecular weight excluding hydrogens is 319 g/mol. The summed E-state index contributed by atoms with van der Waals surface area (Å²) in [6, 6.07) is 11.7. The largest absolute Gasteiger partial charge is 0.347 e. The van der Waals surface area contributed by atoms with E-state index in [0.717, 1.165) is 16.7 Å². The standard InChI is InChI=1S/C20H21FN2O2/c1-13-5-3-6-14(2)19(13)20(25)22-17-10-18(24)23(12-17)11-15-7-4-8-16(21)9-15/h3-9,17H,10-12H2,1-2H3,(H,22,25)/t17-/m0/s1. The van der Waals surface area contributed by atoms with Gasteiger partial charge in [-0.15, -0.1) is 0 Å². The Morgan fingerprint density at radius 3 is 2.56 bits per heavy atom. The first-order chi connectivity index (χ1) is 11.9. The minimum Gasteiger partial charge on any atom is -0.347 e. The van der Waals surface area contributed by atoms with Gasteiger partial charge in [-0.05, 0) is 42.7 Å². The fourth-order valence-electron chi connectivity index (χ4n) is 3.31. The minimum atomic E-state index is -0.316. The van der Waals surface area contributed by atoms with Crippen LogP contribution in [0.15, 0.2) is 42.5 Å². The van der Waals surface area contributed by atoms with Gasteiger partial charge in [-0.1, -0.05) is 30.3 Å². The lowest BCUT2D eigenvalue weighted by Gasteiger charge is -2.18. The smallest absolute Gasteiger partial charge is 0.252 e. The maximum absolute atomic E-state index is 13.3. The van der Waals surface area contributed by atoms with Gasteiger partial charge in [-0.3, -0.25) is 9.59 Å². The number of carbonyl (C=O) groups is 2. The molecule has 2 aromatic carbocycles. The Balaban J connectivity index is 1.65. The highest BCUT2D eigenvalue weighted by molar-refractivity contribution is 5.97. The van der Waals surface area contributed by atoms with Crippen molar-refractivity contribution in [2.24, 2.45) is 0 Å². The molecule has 130 valence electrons. The molecule has 0 unspecified atom stereocenters. The second-order valence-corrected chi connectivity index (χ2v) is 6.55. The zero-order chi connectivity index (χ0) is 18.0. The fraction of sp³-hybridized carbons (Fsp3) is 0.300. The van der Waals surface area contributed by atoms with Crippen LogP contribution in [0.4, 0.5) is 4.39 Å². The Kier molecular flexibility index (Phi) is 4.83. The van der Waals surface area contributed by atoms with E-state index in [1.807, 2.05) is 32.0 Å². The number of rotatable bonds is 4. The highest BCUT2D eigenvalue weighted by Gasteiger charge is 2.31. The molecule has 4 nitrogen and oxygen atoms in total. The number of benzene rings is 2. The van der Waals surface area contributed by atoms with E-state index >= 15 is 0 Å². The van der Waals surface area contributed by atoms with E-state index in [9.17, 15) is 14.0 Å². The topological polar surface area (TPSA) is 49.4 Å². The normalized spacial score (nSPS) is 17.0. The second-order valence-electron chi connectivity index (χ2n) is 6.55. The number of amides is 2. The van der Waals surface area contributed by atoms with Crippen molar-refractivity contribution < 1.29 is 14.0 Å². The van der Waals surface area contributed by atoms with E-state index in [2.05, 4.69) is 5.32 Å². The third-order valence-corrected chi connectivity index (χ3v) is 4.52. The van der Waals surface area contributed by atoms with Crippen molar-refractivity contribution in [1.82, 2.24) is 10.2 Å². The van der Waals surface area contributed by atoms with Gasteiger partial charge in [-0.2, -0.15) is 0 Å². The summed E-state index contributed by atoms with van der Waals surface area (Å²) in [5.74, 6) is -0.499. The van der Waals surface area contributed by atoms with Crippen molar-refractivity contribution >= 4 is 11.8 Å². The Morgan fingerprint density at radius 1 is 1.20 bits per heavy atom. The molecule has 0 spiro atoms. The quantitative estimate of drug-likeness (QED) is 0.930. The lowest BCUT2D eigenvalue weighted by molar-refractivity contribution is -0.128. The van der Waals surface area contributed by atoms with Crippen LogP contribution in [0.3, 0.4) is 0 Å². The summed E-state index contributed by atoms with van der Waals surface area (Å²) in [7, 11) is 0. The number of aryl methyl sites for hydroxylation is 2. The van der Waals surface area contributed by atoms with Crippen LogP contribution in [-0.2, 0) is 11.3 Å². The highest BCUT2D eigenvalue weighted by atomic mass is 19.1. The molecule has 2 aromatic rings. The van der Waals surface area contributed by atoms with Crippen LogP contribution in [0.5, 0.6) is 0 Å². The van der Waals surface area contributed by atoms with Gasteiger partial charge in [0.25, 0.3) is 5.91 Å². The second kappa shape index (κ2) is 7.05. The predicted octanol–water partition coefficient (Wildman–Crippen LogP) is 2.97. The third kappa shape index (κ3) is 3.87. The molecule has 1 aliphatic rings. The van der Waals surface area contributed by atoms with E-state index < -0.39 is 0 Å². The molecule has 1 N–H and O–H groups in total. The van der Waals surface area contributed by atoms with Gasteiger partial charge >= 0.3 is 0 Å². The SMILES string of the molecule is Cc1cccc(C)c1C(=O)N[C@H]1CC(=O)N(Cc2cccc(F)c2)C1. The first kappa shape index (κ1) is 17.1. The monoisotopic (exact) mass is 340 g/mol. The van der Waals surface area contributed by atoms with Crippen LogP contribution >= 0.6 is 0 Å². The Morgan fingerprint density at radius 2 is 1.88 bits per heavy atom. The van der Waals surface area contributed by atoms with Crippen LogP contribution in [0.2, 0.25) is 0 Å². The number of halogens is 1. The average Bonchev–Trinajstić information content (AvgIpc) is 2.86. The number of hydrogen-bond donors (Lipinski definition) is 1. The Labute approximate surface area is 146 Å². The first-order valence-electron chi connectivity index (χ1n) is 8.33. The van der Waals surface area contributed by atoms with Gasteiger partial charge < -0.3 is 10.2 Å². The van der Waals surface area contributed by atoms with Gasteiger partial charge in [0.15, 0.2) is 0 Å². The molecule has 0 bridgehead atoms. The molecule has 1 heterocycles. The molecule has 1 fully saturated rings. The summed E-state index contributed by atoms with van der Waals surface area (Å²) in [5.41, 5.74) is 3.24. The molecule has 0 aromatic heterocycles. The van der Waals surface area contributed by atoms with Crippen molar-refractivity contribution in [3.63, 3.8) is 0 Å². The van der Waals surface area contributed by atoms with E-state index in [4.69, 9.17) is 0 Å². The number of carbonyl (C=O) groups excluding carboxylic acids is 2. The first-order valence-corrected chi connectivity index (χ1v) is 8.33. The van der Waals surface area contributed by atoms with Gasteiger partial charge in [0.2, 0.25) is 5.91 Å². The molecule has 1 atom stereocenters. The van der Waals surface area contributed by atoms with Crippen LogP contribution < -0.4 is 5.32 Å². The van der Waals surface area contributed by atoms with E-state index in [1.54, 1.807) is 17.0 Å². The summed E-state index contributed by atoms with van der Waals surface area (Å²) >= 11 is 0. The zero-order valence-corrected chi connectivity index (χ0v) is 14.4. The summed E-state index contributed by atoms with van der Waals surface area (Å²) in [5, 5.41) is 2.96. The molecular formula is C20H21FN2O2. The van der Waals surface area contributed by atoms with Gasteiger partial charge in [0.1, 0.15) is 5.82 Å². The molecule has 25 heavy (non-hydrogen) atoms. The number of hydrogen-bond acceptors (Lipinski definition) is 2. The summed E-state index contributed by atoms with van der Waals surface area (Å²) < 4.78 is 13.3. The molecule has 1 saturated heterocycles. The van der Waals surface area contributed by atoms with Crippen molar-refractivity contribution in [1.29, 1.82) is 0 Å². The Bertz CT molecular complexity index is 799. The summed E-state index contributed by atoms with van der Waals surface area (Å²) in [4.78, 5) is 26.4. The van der Waals surface area contributed by atoms with Gasteiger partial charge in [-0.25, -0.2) is 4.39 Å². The molecule has 5 heteroatoms. The van der Waals surface area contributed by atoms with E-state index in [0.29, 0.717) is 18.7 Å². The predicted molar refractivity (Wildman–Crippen MR) is 93.6 cm³/mol. The van der Waals surface area contributed by atoms with Crippen LogP contribution in [-0.4, -0.2) is 29.3 Å². The highest BCUT2D eigenvalue weighted by Crippen LogP contribution is 2.18. The lowest BCUT2D eigenvalue weighted by atomic mass is 10.0. The maximum Gasteiger partial charge on any atom is 0.252 e.